The van der Waals surface area contributed by atoms with Crippen molar-refractivity contribution in [3.63, 3.8) is 0 Å². The molecule has 0 radical (unpaired) electrons. The van der Waals surface area contributed by atoms with Gasteiger partial charge in [0.15, 0.2) is 0 Å². The van der Waals surface area contributed by atoms with Gasteiger partial charge in [-0.05, 0) is 25.1 Å². The molecule has 5 heteroatoms. The van der Waals surface area contributed by atoms with Crippen molar-refractivity contribution in [2.45, 2.75) is 6.92 Å². The number of carbonyl (C=O) groups is 1. The van der Waals surface area contributed by atoms with Gasteiger partial charge in [0.05, 0.1) is 22.8 Å². The smallest absolute Gasteiger partial charge is 0.341 e. The molecular formula is C18H15ClN2O2. The number of para-hydroxylation sites is 2. The first-order valence-corrected chi connectivity index (χ1v) is 7.65. The van der Waals surface area contributed by atoms with Crippen LogP contribution in [-0.2, 0) is 4.74 Å². The zero-order valence-corrected chi connectivity index (χ0v) is 13.3. The maximum atomic E-state index is 12.2. The number of anilines is 2. The van der Waals surface area contributed by atoms with Crippen LogP contribution in [0.25, 0.3) is 10.9 Å². The van der Waals surface area contributed by atoms with Crippen LogP contribution >= 0.6 is 11.6 Å². The number of hydrogen-bond donors (Lipinski definition) is 1. The van der Waals surface area contributed by atoms with E-state index in [0.717, 1.165) is 11.1 Å². The molecule has 1 N–H and O–H groups in total. The van der Waals surface area contributed by atoms with E-state index >= 15 is 0 Å². The summed E-state index contributed by atoms with van der Waals surface area (Å²) in [6, 6.07) is 15.1. The molecule has 0 fully saturated rings. The predicted molar refractivity (Wildman–Crippen MR) is 92.4 cm³/mol. The Bertz CT molecular complexity index is 850. The molecule has 0 unspecified atom stereocenters. The Morgan fingerprint density at radius 1 is 1.17 bits per heavy atom. The normalized spacial score (nSPS) is 10.5. The van der Waals surface area contributed by atoms with E-state index in [-0.39, 0.29) is 0 Å². The number of hydrogen-bond acceptors (Lipinski definition) is 4. The number of nitrogens with zero attached hydrogens (tertiary/aromatic N) is 1. The minimum atomic E-state index is -0.416. The number of pyridine rings is 1. The molecule has 0 atom stereocenters. The van der Waals surface area contributed by atoms with E-state index in [0.29, 0.717) is 28.4 Å². The lowest BCUT2D eigenvalue weighted by atomic mass is 10.1. The zero-order chi connectivity index (χ0) is 16.2. The second kappa shape index (κ2) is 6.67. The SMILES string of the molecule is CCOC(=O)c1cnc2c(Cl)cccc2c1Nc1ccccc1. The maximum absolute atomic E-state index is 12.2. The fraction of sp³-hybridized carbons (Fsp3) is 0.111. The lowest BCUT2D eigenvalue weighted by Crippen LogP contribution is -2.09. The van der Waals surface area contributed by atoms with Gasteiger partial charge in [0.2, 0.25) is 0 Å². The molecule has 0 aliphatic heterocycles. The van der Waals surface area contributed by atoms with Crippen molar-refractivity contribution >= 4 is 39.8 Å². The Balaban J connectivity index is 2.19. The number of rotatable bonds is 4. The molecule has 0 saturated heterocycles. The highest BCUT2D eigenvalue weighted by Gasteiger charge is 2.17. The number of esters is 1. The second-order valence-corrected chi connectivity index (χ2v) is 5.30. The Hall–Kier alpha value is -2.59. The zero-order valence-electron chi connectivity index (χ0n) is 12.5. The van der Waals surface area contributed by atoms with Crippen LogP contribution in [0.2, 0.25) is 5.02 Å². The maximum Gasteiger partial charge on any atom is 0.341 e. The molecule has 0 saturated carbocycles. The number of halogens is 1. The fourth-order valence-electron chi connectivity index (χ4n) is 2.35. The van der Waals surface area contributed by atoms with Crippen molar-refractivity contribution in [1.29, 1.82) is 0 Å². The summed E-state index contributed by atoms with van der Waals surface area (Å²) in [5.74, 6) is -0.416. The van der Waals surface area contributed by atoms with Crippen LogP contribution < -0.4 is 5.32 Å². The van der Waals surface area contributed by atoms with E-state index in [1.165, 1.54) is 6.20 Å². The van der Waals surface area contributed by atoms with E-state index in [2.05, 4.69) is 10.3 Å². The molecule has 1 heterocycles. The standard InChI is InChI=1S/C18H15ClN2O2/c1-2-23-18(22)14-11-20-17-13(9-6-10-15(17)19)16(14)21-12-7-4-3-5-8-12/h3-11H,2H2,1H3,(H,20,21). The van der Waals surface area contributed by atoms with E-state index in [4.69, 9.17) is 16.3 Å². The van der Waals surface area contributed by atoms with Crippen molar-refractivity contribution < 1.29 is 9.53 Å². The first-order valence-electron chi connectivity index (χ1n) is 7.27. The number of nitrogens with one attached hydrogen (secondary N) is 1. The van der Waals surface area contributed by atoms with Gasteiger partial charge in [0, 0.05) is 17.3 Å². The number of ether oxygens (including phenoxy) is 1. The molecule has 3 rings (SSSR count). The number of aromatic nitrogens is 1. The van der Waals surface area contributed by atoms with Crippen molar-refractivity contribution in [3.05, 3.63) is 65.3 Å². The van der Waals surface area contributed by atoms with Gasteiger partial charge in [0.25, 0.3) is 0 Å². The van der Waals surface area contributed by atoms with E-state index in [1.54, 1.807) is 13.0 Å². The lowest BCUT2D eigenvalue weighted by molar-refractivity contribution is 0.0527. The number of benzene rings is 2. The van der Waals surface area contributed by atoms with Crippen molar-refractivity contribution in [2.24, 2.45) is 0 Å². The van der Waals surface area contributed by atoms with Gasteiger partial charge in [-0.2, -0.15) is 0 Å². The molecule has 0 spiro atoms. The number of fused-ring (bicyclic) bond motifs is 1. The van der Waals surface area contributed by atoms with Gasteiger partial charge < -0.3 is 10.1 Å². The molecule has 0 bridgehead atoms. The van der Waals surface area contributed by atoms with Crippen LogP contribution in [-0.4, -0.2) is 17.6 Å². The topological polar surface area (TPSA) is 51.2 Å². The Morgan fingerprint density at radius 3 is 2.70 bits per heavy atom. The molecule has 0 amide bonds. The van der Waals surface area contributed by atoms with Crippen molar-refractivity contribution in [1.82, 2.24) is 4.98 Å². The second-order valence-electron chi connectivity index (χ2n) is 4.89. The largest absolute Gasteiger partial charge is 0.462 e. The van der Waals surface area contributed by atoms with Gasteiger partial charge in [0.1, 0.15) is 5.56 Å². The molecule has 2 aromatic carbocycles. The third-order valence-electron chi connectivity index (χ3n) is 3.39. The first kappa shape index (κ1) is 15.3. The predicted octanol–water partition coefficient (Wildman–Crippen LogP) is 4.81. The van der Waals surface area contributed by atoms with Gasteiger partial charge in [-0.3, -0.25) is 4.98 Å². The average Bonchev–Trinajstić information content (AvgIpc) is 2.57. The molecule has 3 aromatic rings. The van der Waals surface area contributed by atoms with Crippen LogP contribution in [0.1, 0.15) is 17.3 Å². The van der Waals surface area contributed by atoms with Crippen molar-refractivity contribution in [3.8, 4) is 0 Å². The van der Waals surface area contributed by atoms with Gasteiger partial charge in [-0.25, -0.2) is 4.79 Å². The van der Waals surface area contributed by atoms with Gasteiger partial charge >= 0.3 is 5.97 Å². The summed E-state index contributed by atoms with van der Waals surface area (Å²) in [7, 11) is 0. The highest BCUT2D eigenvalue weighted by atomic mass is 35.5. The fourth-order valence-corrected chi connectivity index (χ4v) is 2.57. The van der Waals surface area contributed by atoms with Crippen LogP contribution in [0.3, 0.4) is 0 Å². The van der Waals surface area contributed by atoms with E-state index in [9.17, 15) is 4.79 Å². The summed E-state index contributed by atoms with van der Waals surface area (Å²) in [6.07, 6.45) is 1.50. The molecule has 1 aromatic heterocycles. The van der Waals surface area contributed by atoms with E-state index < -0.39 is 5.97 Å². The molecule has 116 valence electrons. The third-order valence-corrected chi connectivity index (χ3v) is 3.69. The number of carbonyl (C=O) groups excluding carboxylic acids is 1. The highest BCUT2D eigenvalue weighted by molar-refractivity contribution is 6.35. The Labute approximate surface area is 139 Å². The summed E-state index contributed by atoms with van der Waals surface area (Å²) < 4.78 is 5.13. The summed E-state index contributed by atoms with van der Waals surface area (Å²) in [5.41, 5.74) is 2.53. The minimum absolute atomic E-state index is 0.303. The highest BCUT2D eigenvalue weighted by Crippen LogP contribution is 2.32. The Kier molecular flexibility index (Phi) is 4.44. The summed E-state index contributed by atoms with van der Waals surface area (Å²) in [4.78, 5) is 16.6. The van der Waals surface area contributed by atoms with Crippen LogP contribution in [0.15, 0.2) is 54.7 Å². The van der Waals surface area contributed by atoms with Crippen molar-refractivity contribution in [2.75, 3.05) is 11.9 Å². The van der Waals surface area contributed by atoms with Gasteiger partial charge in [-0.15, -0.1) is 0 Å². The quantitative estimate of drug-likeness (QED) is 0.699. The average molecular weight is 327 g/mol. The molecular weight excluding hydrogens is 312 g/mol. The Morgan fingerprint density at radius 2 is 1.96 bits per heavy atom. The first-order chi connectivity index (χ1) is 11.2. The molecule has 0 aliphatic rings. The summed E-state index contributed by atoms with van der Waals surface area (Å²) >= 11 is 6.22. The molecule has 4 nitrogen and oxygen atoms in total. The summed E-state index contributed by atoms with van der Waals surface area (Å²) in [6.45, 7) is 2.07. The third kappa shape index (κ3) is 3.12. The monoisotopic (exact) mass is 326 g/mol. The lowest BCUT2D eigenvalue weighted by Gasteiger charge is -2.14. The summed E-state index contributed by atoms with van der Waals surface area (Å²) in [5, 5.41) is 4.59. The molecule has 23 heavy (non-hydrogen) atoms. The van der Waals surface area contributed by atoms with Gasteiger partial charge in [-0.1, -0.05) is 41.9 Å². The van der Waals surface area contributed by atoms with Crippen LogP contribution in [0.5, 0.6) is 0 Å². The van der Waals surface area contributed by atoms with E-state index in [1.807, 2.05) is 42.5 Å². The minimum Gasteiger partial charge on any atom is -0.462 e. The molecule has 0 aliphatic carbocycles. The van der Waals surface area contributed by atoms with Crippen LogP contribution in [0, 0.1) is 0 Å². The van der Waals surface area contributed by atoms with Crippen LogP contribution in [0.4, 0.5) is 11.4 Å².